The molecule has 2 rings (SSSR count). The molecule has 5 nitrogen and oxygen atoms in total. The summed E-state index contributed by atoms with van der Waals surface area (Å²) >= 11 is 0. The standard InChI is InChI=1S/C17H27N3O2.HI/c1-4-18-17(20-11-15-6-5-7-22-15)19-10-14-8-12(2)16(21)13(3)9-14;/h8-9,15,21H,4-7,10-11H2,1-3H3,(H2,18,19,20);1H. The number of aliphatic imine (C=N–C) groups is 1. The predicted octanol–water partition coefficient (Wildman–Crippen LogP) is 2.86. The summed E-state index contributed by atoms with van der Waals surface area (Å²) in [6, 6.07) is 3.96. The maximum Gasteiger partial charge on any atom is 0.191 e. The Labute approximate surface area is 155 Å². The lowest BCUT2D eigenvalue weighted by molar-refractivity contribution is 0.114. The van der Waals surface area contributed by atoms with Crippen LogP contribution in [-0.2, 0) is 11.3 Å². The van der Waals surface area contributed by atoms with Crippen molar-refractivity contribution >= 4 is 29.9 Å². The van der Waals surface area contributed by atoms with E-state index in [1.165, 1.54) is 0 Å². The number of hydrogen-bond donors (Lipinski definition) is 3. The predicted molar refractivity (Wildman–Crippen MR) is 105 cm³/mol. The van der Waals surface area contributed by atoms with Gasteiger partial charge >= 0.3 is 0 Å². The molecule has 130 valence electrons. The van der Waals surface area contributed by atoms with E-state index in [0.717, 1.165) is 55.2 Å². The van der Waals surface area contributed by atoms with Crippen molar-refractivity contribution in [1.29, 1.82) is 0 Å². The molecule has 0 radical (unpaired) electrons. The Kier molecular flexibility index (Phi) is 8.68. The van der Waals surface area contributed by atoms with Crippen molar-refractivity contribution in [3.05, 3.63) is 28.8 Å². The second kappa shape index (κ2) is 9.97. The van der Waals surface area contributed by atoms with Crippen molar-refractivity contribution in [1.82, 2.24) is 10.6 Å². The zero-order chi connectivity index (χ0) is 15.9. The Morgan fingerprint density at radius 2 is 2.00 bits per heavy atom. The molecule has 0 spiro atoms. The van der Waals surface area contributed by atoms with Crippen LogP contribution in [0.3, 0.4) is 0 Å². The molecule has 1 aliphatic heterocycles. The first kappa shape index (κ1) is 20.0. The van der Waals surface area contributed by atoms with Gasteiger partial charge in [-0.25, -0.2) is 4.99 Å². The Morgan fingerprint density at radius 3 is 2.57 bits per heavy atom. The number of nitrogens with one attached hydrogen (secondary N) is 2. The summed E-state index contributed by atoms with van der Waals surface area (Å²) < 4.78 is 5.62. The molecule has 1 aromatic carbocycles. The third-order valence-electron chi connectivity index (χ3n) is 3.84. The Bertz CT molecular complexity index is 506. The van der Waals surface area contributed by atoms with Crippen molar-refractivity contribution in [3.8, 4) is 5.75 Å². The van der Waals surface area contributed by atoms with Crippen LogP contribution in [0.2, 0.25) is 0 Å². The Morgan fingerprint density at radius 1 is 1.30 bits per heavy atom. The van der Waals surface area contributed by atoms with Crippen molar-refractivity contribution in [2.45, 2.75) is 46.3 Å². The highest BCUT2D eigenvalue weighted by Crippen LogP contribution is 2.23. The molecule has 3 N–H and O–H groups in total. The maximum absolute atomic E-state index is 9.82. The number of ether oxygens (including phenoxy) is 1. The number of benzene rings is 1. The summed E-state index contributed by atoms with van der Waals surface area (Å²) in [5.41, 5.74) is 2.88. The molecule has 1 fully saturated rings. The molecule has 6 heteroatoms. The van der Waals surface area contributed by atoms with E-state index in [1.807, 2.05) is 26.0 Å². The average molecular weight is 433 g/mol. The van der Waals surface area contributed by atoms with Gasteiger partial charge in [0.15, 0.2) is 5.96 Å². The summed E-state index contributed by atoms with van der Waals surface area (Å²) in [5, 5.41) is 16.4. The number of halogens is 1. The lowest BCUT2D eigenvalue weighted by Gasteiger charge is -2.15. The number of aryl methyl sites for hydroxylation is 2. The SMILES string of the molecule is CCNC(=NCc1cc(C)c(O)c(C)c1)NCC1CCCO1.I. The quantitative estimate of drug-likeness (QED) is 0.380. The van der Waals surface area contributed by atoms with E-state index >= 15 is 0 Å². The summed E-state index contributed by atoms with van der Waals surface area (Å²) in [4.78, 5) is 4.61. The van der Waals surface area contributed by atoms with Crippen molar-refractivity contribution in [3.63, 3.8) is 0 Å². The summed E-state index contributed by atoms with van der Waals surface area (Å²) in [5.74, 6) is 1.18. The zero-order valence-corrected chi connectivity index (χ0v) is 16.5. The minimum atomic E-state index is 0. The summed E-state index contributed by atoms with van der Waals surface area (Å²) in [6.45, 7) is 8.95. The fraction of sp³-hybridized carbons (Fsp3) is 0.588. The van der Waals surface area contributed by atoms with Crippen LogP contribution >= 0.6 is 24.0 Å². The molecular weight excluding hydrogens is 405 g/mol. The topological polar surface area (TPSA) is 65.9 Å². The molecule has 0 saturated carbocycles. The maximum atomic E-state index is 9.82. The van der Waals surface area contributed by atoms with Crippen LogP contribution in [0.25, 0.3) is 0 Å². The first-order chi connectivity index (χ1) is 10.6. The second-order valence-corrected chi connectivity index (χ2v) is 5.79. The van der Waals surface area contributed by atoms with Crippen LogP contribution < -0.4 is 10.6 Å². The number of aromatic hydroxyl groups is 1. The van der Waals surface area contributed by atoms with Gasteiger partial charge < -0.3 is 20.5 Å². The molecular formula is C17H28IN3O2. The van der Waals surface area contributed by atoms with Gasteiger partial charge in [-0.3, -0.25) is 0 Å². The van der Waals surface area contributed by atoms with E-state index < -0.39 is 0 Å². The first-order valence-corrected chi connectivity index (χ1v) is 8.03. The first-order valence-electron chi connectivity index (χ1n) is 8.03. The van der Waals surface area contributed by atoms with Crippen LogP contribution in [0.15, 0.2) is 17.1 Å². The molecule has 0 amide bonds. The van der Waals surface area contributed by atoms with Crippen LogP contribution in [0.5, 0.6) is 5.75 Å². The Hall–Kier alpha value is -1.02. The van der Waals surface area contributed by atoms with Gasteiger partial charge in [0.2, 0.25) is 0 Å². The lowest BCUT2D eigenvalue weighted by atomic mass is 10.1. The number of phenols is 1. The van der Waals surface area contributed by atoms with Gasteiger partial charge in [-0.1, -0.05) is 12.1 Å². The fourth-order valence-corrected chi connectivity index (χ4v) is 2.66. The smallest absolute Gasteiger partial charge is 0.191 e. The molecule has 0 aliphatic carbocycles. The van der Waals surface area contributed by atoms with E-state index in [0.29, 0.717) is 18.4 Å². The highest BCUT2D eigenvalue weighted by Gasteiger charge is 2.15. The van der Waals surface area contributed by atoms with Crippen molar-refractivity contribution < 1.29 is 9.84 Å². The minimum absolute atomic E-state index is 0. The highest BCUT2D eigenvalue weighted by atomic mass is 127. The van der Waals surface area contributed by atoms with E-state index in [2.05, 4.69) is 22.5 Å². The Balaban J connectivity index is 0.00000264. The fourth-order valence-electron chi connectivity index (χ4n) is 2.66. The third-order valence-corrected chi connectivity index (χ3v) is 3.84. The molecule has 1 atom stereocenters. The van der Waals surface area contributed by atoms with Gasteiger partial charge in [-0.05, 0) is 50.3 Å². The third kappa shape index (κ3) is 6.18. The van der Waals surface area contributed by atoms with Gasteiger partial charge in [0.25, 0.3) is 0 Å². The highest BCUT2D eigenvalue weighted by molar-refractivity contribution is 14.0. The lowest BCUT2D eigenvalue weighted by Crippen LogP contribution is -2.41. The van der Waals surface area contributed by atoms with Gasteiger partial charge in [0, 0.05) is 19.7 Å². The summed E-state index contributed by atoms with van der Waals surface area (Å²) in [6.07, 6.45) is 2.55. The van der Waals surface area contributed by atoms with Gasteiger partial charge in [-0.2, -0.15) is 0 Å². The molecule has 23 heavy (non-hydrogen) atoms. The second-order valence-electron chi connectivity index (χ2n) is 5.79. The molecule has 1 heterocycles. The van der Waals surface area contributed by atoms with Gasteiger partial charge in [0.05, 0.1) is 12.6 Å². The monoisotopic (exact) mass is 433 g/mol. The van der Waals surface area contributed by atoms with Crippen LogP contribution in [0, 0.1) is 13.8 Å². The van der Waals surface area contributed by atoms with E-state index in [-0.39, 0.29) is 24.0 Å². The number of phenolic OH excluding ortho intramolecular Hbond substituents is 1. The van der Waals surface area contributed by atoms with Crippen molar-refractivity contribution in [2.24, 2.45) is 4.99 Å². The zero-order valence-electron chi connectivity index (χ0n) is 14.2. The number of rotatable bonds is 5. The molecule has 1 saturated heterocycles. The van der Waals surface area contributed by atoms with Gasteiger partial charge in [-0.15, -0.1) is 24.0 Å². The van der Waals surface area contributed by atoms with Crippen LogP contribution in [0.4, 0.5) is 0 Å². The van der Waals surface area contributed by atoms with Crippen molar-refractivity contribution in [2.75, 3.05) is 19.7 Å². The van der Waals surface area contributed by atoms with E-state index in [4.69, 9.17) is 4.74 Å². The number of nitrogens with zero attached hydrogens (tertiary/aromatic N) is 1. The minimum Gasteiger partial charge on any atom is -0.507 e. The van der Waals surface area contributed by atoms with E-state index in [1.54, 1.807) is 0 Å². The molecule has 0 bridgehead atoms. The largest absolute Gasteiger partial charge is 0.507 e. The number of guanidine groups is 1. The molecule has 1 aromatic rings. The van der Waals surface area contributed by atoms with Crippen LogP contribution in [-0.4, -0.2) is 36.9 Å². The molecule has 1 aliphatic rings. The van der Waals surface area contributed by atoms with E-state index in [9.17, 15) is 5.11 Å². The van der Waals surface area contributed by atoms with Crippen LogP contribution in [0.1, 0.15) is 36.5 Å². The molecule has 0 aromatic heterocycles. The normalized spacial score (nSPS) is 17.7. The average Bonchev–Trinajstić information content (AvgIpc) is 3.01. The van der Waals surface area contributed by atoms with Gasteiger partial charge in [0.1, 0.15) is 5.75 Å². The number of hydrogen-bond acceptors (Lipinski definition) is 3. The summed E-state index contributed by atoms with van der Waals surface area (Å²) in [7, 11) is 0. The molecule has 1 unspecified atom stereocenters.